The molecule has 3 N–H and O–H groups in total. The van der Waals surface area contributed by atoms with E-state index in [1.54, 1.807) is 32.9 Å². The summed E-state index contributed by atoms with van der Waals surface area (Å²) >= 11 is 6.09. The maximum absolute atomic E-state index is 11.6. The molecule has 1 aromatic carbocycles. The third-order valence-corrected chi connectivity index (χ3v) is 3.56. The molecule has 8 heteroatoms. The van der Waals surface area contributed by atoms with Crippen molar-refractivity contribution in [2.45, 2.75) is 40.2 Å². The number of halogens is 1. The van der Waals surface area contributed by atoms with Gasteiger partial charge in [0.05, 0.1) is 0 Å². The van der Waals surface area contributed by atoms with E-state index in [4.69, 9.17) is 21.1 Å². The average molecular weight is 372 g/mol. The predicted molar refractivity (Wildman–Crippen MR) is 97.2 cm³/mol. The third kappa shape index (κ3) is 8.49. The predicted octanol–water partition coefficient (Wildman–Crippen LogP) is 3.12. The Hall–Kier alpha value is -2.15. The van der Waals surface area contributed by atoms with Crippen LogP contribution in [0.3, 0.4) is 0 Å². The van der Waals surface area contributed by atoms with Crippen molar-refractivity contribution < 1.29 is 19.1 Å². The molecule has 3 amide bonds. The number of benzene rings is 1. The van der Waals surface area contributed by atoms with Gasteiger partial charge in [-0.05, 0) is 57.9 Å². The molecule has 0 atom stereocenters. The second-order valence-electron chi connectivity index (χ2n) is 6.52. The van der Waals surface area contributed by atoms with Crippen molar-refractivity contribution in [3.63, 3.8) is 0 Å². The highest BCUT2D eigenvalue weighted by molar-refractivity contribution is 6.32. The monoisotopic (exact) mass is 371 g/mol. The van der Waals surface area contributed by atoms with E-state index < -0.39 is 17.7 Å². The molecule has 0 radical (unpaired) electrons. The molecule has 1 rings (SSSR count). The van der Waals surface area contributed by atoms with Crippen LogP contribution < -0.4 is 20.7 Å². The number of ether oxygens (including phenoxy) is 2. The molecule has 0 aliphatic heterocycles. The Morgan fingerprint density at radius 3 is 2.16 bits per heavy atom. The van der Waals surface area contributed by atoms with Gasteiger partial charge in [0.25, 0.3) is 0 Å². The van der Waals surface area contributed by atoms with E-state index in [9.17, 15) is 9.59 Å². The van der Waals surface area contributed by atoms with Crippen molar-refractivity contribution in [2.24, 2.45) is 0 Å². The summed E-state index contributed by atoms with van der Waals surface area (Å²) in [4.78, 5) is 23.0. The quantitative estimate of drug-likeness (QED) is 0.529. The zero-order chi connectivity index (χ0) is 19.0. The normalized spacial score (nSPS) is 10.8. The number of urea groups is 1. The Morgan fingerprint density at radius 1 is 1.04 bits per heavy atom. The molecule has 0 saturated heterocycles. The van der Waals surface area contributed by atoms with Crippen LogP contribution in [0.15, 0.2) is 12.1 Å². The van der Waals surface area contributed by atoms with Gasteiger partial charge in [0, 0.05) is 18.1 Å². The maximum atomic E-state index is 11.6. The molecule has 0 saturated carbocycles. The first-order chi connectivity index (χ1) is 11.6. The summed E-state index contributed by atoms with van der Waals surface area (Å²) in [6.45, 7) is 9.67. The van der Waals surface area contributed by atoms with Crippen LogP contribution in [-0.4, -0.2) is 37.5 Å². The van der Waals surface area contributed by atoms with Crippen LogP contribution in [0.5, 0.6) is 5.75 Å². The summed E-state index contributed by atoms with van der Waals surface area (Å²) in [6, 6.07) is 3.22. The largest absolute Gasteiger partial charge is 0.473 e. The lowest BCUT2D eigenvalue weighted by Gasteiger charge is -2.19. The van der Waals surface area contributed by atoms with Crippen molar-refractivity contribution in [3.8, 4) is 5.75 Å². The Kier molecular flexibility index (Phi) is 7.83. The summed E-state index contributed by atoms with van der Waals surface area (Å²) in [6.07, 6.45) is -0.522. The van der Waals surface area contributed by atoms with Gasteiger partial charge in [0.1, 0.15) is 11.4 Å². The summed E-state index contributed by atoms with van der Waals surface area (Å²) < 4.78 is 10.6. The van der Waals surface area contributed by atoms with Gasteiger partial charge in [-0.15, -0.1) is 0 Å². The first-order valence-electron chi connectivity index (χ1n) is 7.96. The summed E-state index contributed by atoms with van der Waals surface area (Å²) in [5, 5.41) is 8.41. The first kappa shape index (κ1) is 20.9. The van der Waals surface area contributed by atoms with E-state index in [0.29, 0.717) is 10.8 Å². The molecule has 0 unspecified atom stereocenters. The van der Waals surface area contributed by atoms with Gasteiger partial charge in [0.2, 0.25) is 0 Å². The number of carbonyl (C=O) groups is 2. The number of nitrogens with one attached hydrogen (secondary N) is 3. The minimum atomic E-state index is -0.551. The van der Waals surface area contributed by atoms with Crippen LogP contribution in [0.2, 0.25) is 5.02 Å². The fourth-order valence-electron chi connectivity index (χ4n) is 1.89. The summed E-state index contributed by atoms with van der Waals surface area (Å²) in [5.74, 6) is 0.631. The zero-order valence-electron chi connectivity index (χ0n) is 15.3. The van der Waals surface area contributed by atoms with Crippen LogP contribution in [0, 0.1) is 13.8 Å². The van der Waals surface area contributed by atoms with Crippen molar-refractivity contribution in [2.75, 3.05) is 19.8 Å². The molecule has 0 bridgehead atoms. The van der Waals surface area contributed by atoms with Gasteiger partial charge in [-0.3, -0.25) is 0 Å². The van der Waals surface area contributed by atoms with Crippen LogP contribution in [-0.2, 0) is 4.74 Å². The van der Waals surface area contributed by atoms with Crippen molar-refractivity contribution >= 4 is 23.7 Å². The van der Waals surface area contributed by atoms with E-state index in [-0.39, 0.29) is 19.8 Å². The number of rotatable bonds is 6. The molecule has 0 aromatic heterocycles. The lowest BCUT2D eigenvalue weighted by Crippen LogP contribution is -2.42. The van der Waals surface area contributed by atoms with Gasteiger partial charge in [-0.2, -0.15) is 0 Å². The average Bonchev–Trinajstić information content (AvgIpc) is 2.47. The highest BCUT2D eigenvalue weighted by atomic mass is 35.5. The number of aryl methyl sites for hydroxylation is 2. The maximum Gasteiger partial charge on any atom is 0.407 e. The Morgan fingerprint density at radius 2 is 1.60 bits per heavy atom. The molecule has 0 spiro atoms. The van der Waals surface area contributed by atoms with Crippen molar-refractivity contribution in [3.05, 3.63) is 28.3 Å². The number of hydrogen-bond acceptors (Lipinski definition) is 4. The molecule has 0 heterocycles. The van der Waals surface area contributed by atoms with Crippen LogP contribution >= 0.6 is 11.6 Å². The molecular weight excluding hydrogens is 346 g/mol. The fourth-order valence-corrected chi connectivity index (χ4v) is 2.00. The van der Waals surface area contributed by atoms with Gasteiger partial charge in [-0.25, -0.2) is 9.59 Å². The SMILES string of the molecule is Cc1cc(OCNC(=O)NCCNC(=O)OC(C)(C)C)cc(C)c1Cl. The summed E-state index contributed by atoms with van der Waals surface area (Å²) in [7, 11) is 0. The topological polar surface area (TPSA) is 88.7 Å². The molecule has 0 fully saturated rings. The van der Waals surface area contributed by atoms with E-state index in [1.165, 1.54) is 0 Å². The minimum absolute atomic E-state index is 0.0197. The summed E-state index contributed by atoms with van der Waals surface area (Å²) in [5.41, 5.74) is 1.27. The zero-order valence-corrected chi connectivity index (χ0v) is 16.0. The van der Waals surface area contributed by atoms with E-state index in [0.717, 1.165) is 11.1 Å². The van der Waals surface area contributed by atoms with Gasteiger partial charge in [0.15, 0.2) is 6.73 Å². The highest BCUT2D eigenvalue weighted by Crippen LogP contribution is 2.25. The second-order valence-corrected chi connectivity index (χ2v) is 6.90. The van der Waals surface area contributed by atoms with Gasteiger partial charge >= 0.3 is 12.1 Å². The molecular formula is C17H26ClN3O4. The number of hydrogen-bond donors (Lipinski definition) is 3. The molecule has 140 valence electrons. The van der Waals surface area contributed by atoms with Crippen molar-refractivity contribution in [1.82, 2.24) is 16.0 Å². The standard InChI is InChI=1S/C17H26ClN3O4/c1-11-8-13(9-12(2)14(11)18)24-10-21-15(22)19-6-7-20-16(23)25-17(3,4)5/h8-9H,6-7,10H2,1-5H3,(H,20,23)(H2,19,21,22). The number of alkyl carbamates (subject to hydrolysis) is 1. The van der Waals surface area contributed by atoms with Crippen LogP contribution in [0.25, 0.3) is 0 Å². The lowest BCUT2D eigenvalue weighted by atomic mass is 10.1. The second kappa shape index (κ2) is 9.36. The van der Waals surface area contributed by atoms with E-state index in [2.05, 4.69) is 16.0 Å². The fraction of sp³-hybridized carbons (Fsp3) is 0.529. The van der Waals surface area contributed by atoms with E-state index >= 15 is 0 Å². The molecule has 7 nitrogen and oxygen atoms in total. The smallest absolute Gasteiger partial charge is 0.407 e. The Balaban J connectivity index is 2.20. The third-order valence-electron chi connectivity index (χ3n) is 2.96. The van der Waals surface area contributed by atoms with Crippen LogP contribution in [0.4, 0.5) is 9.59 Å². The van der Waals surface area contributed by atoms with Crippen molar-refractivity contribution in [1.29, 1.82) is 0 Å². The van der Waals surface area contributed by atoms with E-state index in [1.807, 2.05) is 13.8 Å². The van der Waals surface area contributed by atoms with Gasteiger partial charge < -0.3 is 25.4 Å². The number of carbonyl (C=O) groups excluding carboxylic acids is 2. The molecule has 25 heavy (non-hydrogen) atoms. The van der Waals surface area contributed by atoms with Crippen LogP contribution in [0.1, 0.15) is 31.9 Å². The minimum Gasteiger partial charge on any atom is -0.473 e. The molecule has 0 aliphatic carbocycles. The number of amides is 3. The molecule has 0 aliphatic rings. The molecule has 1 aromatic rings. The Bertz CT molecular complexity index is 591. The lowest BCUT2D eigenvalue weighted by molar-refractivity contribution is 0.0528. The Labute approximate surface area is 153 Å². The highest BCUT2D eigenvalue weighted by Gasteiger charge is 2.15. The van der Waals surface area contributed by atoms with Gasteiger partial charge in [-0.1, -0.05) is 11.6 Å². The first-order valence-corrected chi connectivity index (χ1v) is 8.34.